The summed E-state index contributed by atoms with van der Waals surface area (Å²) in [5.41, 5.74) is -0.917. The highest BCUT2D eigenvalue weighted by atomic mass is 19.4. The standard InChI is InChI=1S/C14H16F3NO3/c1-13(2,3)21-12(19)18-10-7-20-11-6-8(14(15,16)17)4-5-9(10)11/h4-6,10H,7H2,1-3H3,(H,18,19). The highest BCUT2D eigenvalue weighted by Crippen LogP contribution is 2.38. The Balaban J connectivity index is 2.11. The summed E-state index contributed by atoms with van der Waals surface area (Å²) in [4.78, 5) is 11.7. The quantitative estimate of drug-likeness (QED) is 0.861. The van der Waals surface area contributed by atoms with Crippen molar-refractivity contribution in [2.24, 2.45) is 0 Å². The van der Waals surface area contributed by atoms with Crippen molar-refractivity contribution in [1.82, 2.24) is 5.32 Å². The lowest BCUT2D eigenvalue weighted by molar-refractivity contribution is -0.137. The molecule has 2 rings (SSSR count). The fourth-order valence-electron chi connectivity index (χ4n) is 1.96. The fourth-order valence-corrected chi connectivity index (χ4v) is 1.96. The summed E-state index contributed by atoms with van der Waals surface area (Å²) in [7, 11) is 0. The van der Waals surface area contributed by atoms with Crippen molar-refractivity contribution in [3.8, 4) is 5.75 Å². The zero-order chi connectivity index (χ0) is 15.8. The third-order valence-electron chi connectivity index (χ3n) is 2.81. The first-order valence-electron chi connectivity index (χ1n) is 6.40. The van der Waals surface area contributed by atoms with Crippen LogP contribution in [0.1, 0.15) is 37.9 Å². The fraction of sp³-hybridized carbons (Fsp3) is 0.500. The summed E-state index contributed by atoms with van der Waals surface area (Å²) >= 11 is 0. The SMILES string of the molecule is CC(C)(C)OC(=O)NC1COc2cc(C(F)(F)F)ccc21. The smallest absolute Gasteiger partial charge is 0.416 e. The van der Waals surface area contributed by atoms with Gasteiger partial charge in [-0.05, 0) is 32.9 Å². The molecule has 0 saturated carbocycles. The molecule has 0 spiro atoms. The minimum Gasteiger partial charge on any atom is -0.491 e. The first-order valence-corrected chi connectivity index (χ1v) is 6.40. The molecular weight excluding hydrogens is 287 g/mol. The molecule has 1 aliphatic heterocycles. The average Bonchev–Trinajstić information content (AvgIpc) is 2.68. The van der Waals surface area contributed by atoms with Crippen molar-refractivity contribution in [2.45, 2.75) is 38.6 Å². The number of amides is 1. The maximum atomic E-state index is 12.6. The highest BCUT2D eigenvalue weighted by molar-refractivity contribution is 5.69. The number of carbonyl (C=O) groups excluding carboxylic acids is 1. The van der Waals surface area contributed by atoms with Gasteiger partial charge in [0.25, 0.3) is 0 Å². The van der Waals surface area contributed by atoms with Crippen LogP contribution in [0, 0.1) is 0 Å². The van der Waals surface area contributed by atoms with Crippen molar-refractivity contribution in [3.63, 3.8) is 0 Å². The second kappa shape index (κ2) is 5.13. The number of hydrogen-bond donors (Lipinski definition) is 1. The molecule has 1 aromatic rings. The largest absolute Gasteiger partial charge is 0.491 e. The summed E-state index contributed by atoms with van der Waals surface area (Å²) in [5, 5.41) is 2.58. The second-order valence-electron chi connectivity index (χ2n) is 5.76. The molecule has 0 aromatic heterocycles. The Morgan fingerprint density at radius 2 is 2.00 bits per heavy atom. The van der Waals surface area contributed by atoms with Crippen molar-refractivity contribution in [2.75, 3.05) is 6.61 Å². The van der Waals surface area contributed by atoms with Crippen molar-refractivity contribution < 1.29 is 27.4 Å². The van der Waals surface area contributed by atoms with Gasteiger partial charge >= 0.3 is 12.3 Å². The molecule has 1 aliphatic rings. The monoisotopic (exact) mass is 303 g/mol. The molecule has 1 amide bonds. The van der Waals surface area contributed by atoms with Gasteiger partial charge in [0.1, 0.15) is 18.0 Å². The number of ether oxygens (including phenoxy) is 2. The van der Waals surface area contributed by atoms with E-state index in [1.165, 1.54) is 6.07 Å². The summed E-state index contributed by atoms with van der Waals surface area (Å²) < 4.78 is 48.1. The van der Waals surface area contributed by atoms with Crippen LogP contribution in [-0.4, -0.2) is 18.3 Å². The molecule has 1 unspecified atom stereocenters. The van der Waals surface area contributed by atoms with Gasteiger partial charge in [-0.15, -0.1) is 0 Å². The molecule has 0 saturated heterocycles. The minimum atomic E-state index is -4.42. The lowest BCUT2D eigenvalue weighted by Gasteiger charge is -2.21. The van der Waals surface area contributed by atoms with Crippen LogP contribution in [0.4, 0.5) is 18.0 Å². The van der Waals surface area contributed by atoms with E-state index >= 15 is 0 Å². The zero-order valence-corrected chi connectivity index (χ0v) is 11.9. The maximum Gasteiger partial charge on any atom is 0.416 e. The van der Waals surface area contributed by atoms with Gasteiger partial charge in [-0.25, -0.2) is 4.79 Å². The van der Waals surface area contributed by atoms with Crippen molar-refractivity contribution in [1.29, 1.82) is 0 Å². The van der Waals surface area contributed by atoms with Gasteiger partial charge in [-0.1, -0.05) is 6.07 Å². The van der Waals surface area contributed by atoms with Gasteiger partial charge in [0.2, 0.25) is 0 Å². The molecule has 0 aliphatic carbocycles. The van der Waals surface area contributed by atoms with E-state index in [4.69, 9.17) is 9.47 Å². The summed E-state index contributed by atoms with van der Waals surface area (Å²) in [6.45, 7) is 5.25. The Kier molecular flexibility index (Phi) is 3.78. The van der Waals surface area contributed by atoms with Crippen LogP contribution in [0.3, 0.4) is 0 Å². The molecule has 1 aromatic carbocycles. The van der Waals surface area contributed by atoms with E-state index in [-0.39, 0.29) is 12.4 Å². The second-order valence-corrected chi connectivity index (χ2v) is 5.76. The predicted molar refractivity (Wildman–Crippen MR) is 69.0 cm³/mol. The van der Waals surface area contributed by atoms with Crippen LogP contribution in [-0.2, 0) is 10.9 Å². The van der Waals surface area contributed by atoms with E-state index in [0.717, 1.165) is 12.1 Å². The summed E-state index contributed by atoms with van der Waals surface area (Å²) in [6, 6.07) is 2.70. The minimum absolute atomic E-state index is 0.0793. The first-order chi connectivity index (χ1) is 9.56. The van der Waals surface area contributed by atoms with Crippen LogP contribution < -0.4 is 10.1 Å². The van der Waals surface area contributed by atoms with E-state index in [1.54, 1.807) is 20.8 Å². The molecule has 0 bridgehead atoms. The molecule has 0 radical (unpaired) electrons. The summed E-state index contributed by atoms with van der Waals surface area (Å²) in [6.07, 6.45) is -5.06. The number of fused-ring (bicyclic) bond motifs is 1. The maximum absolute atomic E-state index is 12.6. The molecule has 1 atom stereocenters. The van der Waals surface area contributed by atoms with Crippen LogP contribution in [0.2, 0.25) is 0 Å². The van der Waals surface area contributed by atoms with E-state index in [0.29, 0.717) is 5.56 Å². The van der Waals surface area contributed by atoms with E-state index in [9.17, 15) is 18.0 Å². The van der Waals surface area contributed by atoms with E-state index < -0.39 is 29.5 Å². The molecular formula is C14H16F3NO3. The van der Waals surface area contributed by atoms with Crippen LogP contribution in [0.15, 0.2) is 18.2 Å². The van der Waals surface area contributed by atoms with Crippen LogP contribution >= 0.6 is 0 Å². The Hall–Kier alpha value is -1.92. The lowest BCUT2D eigenvalue weighted by atomic mass is 10.1. The Labute approximate surface area is 120 Å². The Morgan fingerprint density at radius 3 is 2.57 bits per heavy atom. The molecule has 116 valence electrons. The van der Waals surface area contributed by atoms with Crippen LogP contribution in [0.25, 0.3) is 0 Å². The number of alkyl halides is 3. The van der Waals surface area contributed by atoms with Gasteiger partial charge in [-0.3, -0.25) is 0 Å². The number of benzene rings is 1. The van der Waals surface area contributed by atoms with Crippen LogP contribution in [0.5, 0.6) is 5.75 Å². The average molecular weight is 303 g/mol. The predicted octanol–water partition coefficient (Wildman–Crippen LogP) is 3.66. The van der Waals surface area contributed by atoms with Crippen molar-refractivity contribution >= 4 is 6.09 Å². The number of hydrogen-bond acceptors (Lipinski definition) is 3. The zero-order valence-electron chi connectivity index (χ0n) is 11.9. The highest BCUT2D eigenvalue weighted by Gasteiger charge is 2.34. The molecule has 1 N–H and O–H groups in total. The molecule has 4 nitrogen and oxygen atoms in total. The molecule has 21 heavy (non-hydrogen) atoms. The Morgan fingerprint density at radius 1 is 1.33 bits per heavy atom. The number of carbonyl (C=O) groups is 1. The third kappa shape index (κ3) is 3.80. The van der Waals surface area contributed by atoms with Gasteiger partial charge in [0, 0.05) is 5.56 Å². The molecule has 7 heteroatoms. The number of alkyl carbamates (subject to hydrolysis) is 1. The van der Waals surface area contributed by atoms with Gasteiger partial charge in [-0.2, -0.15) is 13.2 Å². The number of nitrogens with one attached hydrogen (secondary N) is 1. The van der Waals surface area contributed by atoms with E-state index in [2.05, 4.69) is 5.32 Å². The number of halogens is 3. The summed E-state index contributed by atoms with van der Waals surface area (Å²) in [5.74, 6) is 0.130. The Bertz CT molecular complexity index is 549. The number of rotatable bonds is 1. The van der Waals surface area contributed by atoms with Gasteiger partial charge in [0.05, 0.1) is 11.6 Å². The third-order valence-corrected chi connectivity index (χ3v) is 2.81. The van der Waals surface area contributed by atoms with Gasteiger partial charge < -0.3 is 14.8 Å². The van der Waals surface area contributed by atoms with E-state index in [1.807, 2.05) is 0 Å². The first kappa shape index (κ1) is 15.5. The normalized spacial score (nSPS) is 17.9. The molecule has 1 heterocycles. The lowest BCUT2D eigenvalue weighted by Crippen LogP contribution is -2.35. The molecule has 0 fully saturated rings. The van der Waals surface area contributed by atoms with Gasteiger partial charge in [0.15, 0.2) is 0 Å². The topological polar surface area (TPSA) is 47.6 Å². The van der Waals surface area contributed by atoms with Crippen molar-refractivity contribution in [3.05, 3.63) is 29.3 Å².